The van der Waals surface area contributed by atoms with E-state index in [1.807, 2.05) is 6.08 Å². The Bertz CT molecular complexity index is 621. The number of rotatable bonds is 3. The Morgan fingerprint density at radius 2 is 1.96 bits per heavy atom. The van der Waals surface area contributed by atoms with Crippen LogP contribution in [0.25, 0.3) is 0 Å². The van der Waals surface area contributed by atoms with Crippen LogP contribution in [0.4, 0.5) is 0 Å². The highest BCUT2D eigenvalue weighted by atomic mass is 16.3. The topological polar surface area (TPSA) is 54.4 Å². The predicted molar refractivity (Wildman–Crippen MR) is 96.9 cm³/mol. The molecule has 1 N–H and O–H groups in total. The Hall–Kier alpha value is -0.960. The summed E-state index contributed by atoms with van der Waals surface area (Å²) in [6.07, 6.45) is 11.6. The third-order valence-corrected chi connectivity index (χ3v) is 8.86. The molecule has 6 atom stereocenters. The summed E-state index contributed by atoms with van der Waals surface area (Å²) in [5, 5.41) is 9.40. The predicted octanol–water partition coefficient (Wildman–Crippen LogP) is 4.09. The van der Waals surface area contributed by atoms with E-state index in [4.69, 9.17) is 0 Å². The molecule has 0 amide bonds. The third kappa shape index (κ3) is 2.34. The van der Waals surface area contributed by atoms with Crippen LogP contribution < -0.4 is 0 Å². The van der Waals surface area contributed by atoms with Gasteiger partial charge in [-0.1, -0.05) is 19.4 Å². The van der Waals surface area contributed by atoms with Crippen molar-refractivity contribution in [1.82, 2.24) is 0 Å². The standard InChI is InChI=1S/C22H32O3/c1-3-22-11-8-15(24)12-14(22)4-5-16-17-6-7-19(20(25)13-23)21(17,2)10-9-18(16)22/h12,16-19,23H,3-11,13H2,1-2H3/t16?,17?,18?,19-,21?,22?/m1/s1. The molecule has 5 unspecified atom stereocenters. The van der Waals surface area contributed by atoms with Crippen LogP contribution in [0.5, 0.6) is 0 Å². The summed E-state index contributed by atoms with van der Waals surface area (Å²) in [6, 6.07) is 0. The van der Waals surface area contributed by atoms with Crippen molar-refractivity contribution in [3.8, 4) is 0 Å². The monoisotopic (exact) mass is 344 g/mol. The van der Waals surface area contributed by atoms with Crippen LogP contribution in [0.1, 0.15) is 71.6 Å². The number of Topliss-reactive ketones (excluding diaryl/α,β-unsaturated/α-hetero) is 1. The van der Waals surface area contributed by atoms with Gasteiger partial charge >= 0.3 is 0 Å². The average Bonchev–Trinajstić information content (AvgIpc) is 2.98. The van der Waals surface area contributed by atoms with Crippen molar-refractivity contribution < 1.29 is 14.7 Å². The number of hydrogen-bond donors (Lipinski definition) is 1. The number of allylic oxidation sites excluding steroid dienone is 1. The normalized spacial score (nSPS) is 46.0. The molecule has 3 nitrogen and oxygen atoms in total. The Balaban J connectivity index is 1.67. The van der Waals surface area contributed by atoms with E-state index in [1.165, 1.54) is 18.4 Å². The molecular weight excluding hydrogens is 312 g/mol. The van der Waals surface area contributed by atoms with Gasteiger partial charge in [-0.2, -0.15) is 0 Å². The second-order valence-electron chi connectivity index (χ2n) is 9.36. The molecule has 25 heavy (non-hydrogen) atoms. The molecule has 3 fully saturated rings. The molecule has 4 rings (SSSR count). The highest BCUT2D eigenvalue weighted by Crippen LogP contribution is 2.67. The summed E-state index contributed by atoms with van der Waals surface area (Å²) in [4.78, 5) is 24.3. The minimum atomic E-state index is -0.297. The van der Waals surface area contributed by atoms with Gasteiger partial charge < -0.3 is 5.11 Å². The van der Waals surface area contributed by atoms with Crippen molar-refractivity contribution in [3.63, 3.8) is 0 Å². The fraction of sp³-hybridized carbons (Fsp3) is 0.818. The van der Waals surface area contributed by atoms with Crippen molar-refractivity contribution in [1.29, 1.82) is 0 Å². The van der Waals surface area contributed by atoms with E-state index in [9.17, 15) is 14.7 Å². The van der Waals surface area contributed by atoms with Gasteiger partial charge in [-0.25, -0.2) is 0 Å². The van der Waals surface area contributed by atoms with Crippen molar-refractivity contribution >= 4 is 11.6 Å². The first-order valence-electron chi connectivity index (χ1n) is 10.3. The molecular formula is C22H32O3. The minimum Gasteiger partial charge on any atom is -0.389 e. The molecule has 0 radical (unpaired) electrons. The fourth-order valence-corrected chi connectivity index (χ4v) is 7.67. The lowest BCUT2D eigenvalue weighted by Gasteiger charge is -2.59. The van der Waals surface area contributed by atoms with Crippen LogP contribution in [0.2, 0.25) is 0 Å². The first-order valence-corrected chi connectivity index (χ1v) is 10.3. The van der Waals surface area contributed by atoms with E-state index in [2.05, 4.69) is 13.8 Å². The number of ketones is 2. The van der Waals surface area contributed by atoms with Gasteiger partial charge in [0.25, 0.3) is 0 Å². The van der Waals surface area contributed by atoms with E-state index in [0.29, 0.717) is 30.0 Å². The van der Waals surface area contributed by atoms with Crippen molar-refractivity contribution in [2.45, 2.75) is 71.6 Å². The Morgan fingerprint density at radius 3 is 2.68 bits per heavy atom. The Morgan fingerprint density at radius 1 is 1.16 bits per heavy atom. The molecule has 3 heteroatoms. The van der Waals surface area contributed by atoms with E-state index in [-0.39, 0.29) is 29.1 Å². The van der Waals surface area contributed by atoms with Crippen LogP contribution in [0.15, 0.2) is 11.6 Å². The lowest BCUT2D eigenvalue weighted by molar-refractivity contribution is -0.133. The van der Waals surface area contributed by atoms with E-state index >= 15 is 0 Å². The van der Waals surface area contributed by atoms with Crippen LogP contribution in [0.3, 0.4) is 0 Å². The van der Waals surface area contributed by atoms with Crippen molar-refractivity contribution in [2.75, 3.05) is 6.61 Å². The zero-order valence-electron chi connectivity index (χ0n) is 15.7. The first kappa shape index (κ1) is 17.5. The van der Waals surface area contributed by atoms with Gasteiger partial charge in [0, 0.05) is 12.3 Å². The minimum absolute atomic E-state index is 0.0610. The smallest absolute Gasteiger partial charge is 0.161 e. The molecule has 0 aliphatic heterocycles. The Labute approximate surface area is 151 Å². The Kier molecular flexibility index (Phi) is 4.22. The number of fused-ring (bicyclic) bond motifs is 5. The summed E-state index contributed by atoms with van der Waals surface area (Å²) in [5.41, 5.74) is 1.77. The highest BCUT2D eigenvalue weighted by Gasteiger charge is 2.60. The molecule has 3 saturated carbocycles. The van der Waals surface area contributed by atoms with E-state index < -0.39 is 0 Å². The van der Waals surface area contributed by atoms with Crippen molar-refractivity contribution in [2.24, 2.45) is 34.5 Å². The fourth-order valence-electron chi connectivity index (χ4n) is 7.67. The molecule has 4 aliphatic carbocycles. The summed E-state index contributed by atoms with van der Waals surface area (Å²) >= 11 is 0. The maximum absolute atomic E-state index is 12.3. The largest absolute Gasteiger partial charge is 0.389 e. The highest BCUT2D eigenvalue weighted by molar-refractivity contribution is 5.91. The number of hydrogen-bond acceptors (Lipinski definition) is 3. The van der Waals surface area contributed by atoms with Gasteiger partial charge in [0.05, 0.1) is 0 Å². The van der Waals surface area contributed by atoms with Crippen molar-refractivity contribution in [3.05, 3.63) is 11.6 Å². The maximum Gasteiger partial charge on any atom is 0.161 e. The molecule has 138 valence electrons. The molecule has 0 bridgehead atoms. The molecule has 4 aliphatic rings. The van der Waals surface area contributed by atoms with Gasteiger partial charge in [-0.15, -0.1) is 0 Å². The van der Waals surface area contributed by atoms with E-state index in [0.717, 1.165) is 38.5 Å². The lowest BCUT2D eigenvalue weighted by Crippen LogP contribution is -2.52. The van der Waals surface area contributed by atoms with Crippen LogP contribution >= 0.6 is 0 Å². The summed E-state index contributed by atoms with van der Waals surface area (Å²) in [6.45, 7) is 4.34. The molecule has 0 saturated heterocycles. The van der Waals surface area contributed by atoms with E-state index in [1.54, 1.807) is 0 Å². The second-order valence-corrected chi connectivity index (χ2v) is 9.36. The summed E-state index contributed by atoms with van der Waals surface area (Å²) in [7, 11) is 0. The summed E-state index contributed by atoms with van der Waals surface area (Å²) in [5.74, 6) is 2.45. The number of carbonyl (C=O) groups excluding carboxylic acids is 2. The van der Waals surface area contributed by atoms with Crippen LogP contribution in [-0.2, 0) is 9.59 Å². The SMILES string of the molecule is CCC12CCC(=O)C=C1CCC1C2CCC2(C)C1CC[C@@H]2C(=O)CO. The number of aliphatic hydroxyl groups excluding tert-OH is 1. The average molecular weight is 344 g/mol. The van der Waals surface area contributed by atoms with Gasteiger partial charge in [-0.05, 0) is 86.0 Å². The number of carbonyl (C=O) groups is 2. The maximum atomic E-state index is 12.3. The molecule has 0 aromatic rings. The second kappa shape index (κ2) is 6.04. The quantitative estimate of drug-likeness (QED) is 0.839. The first-order chi connectivity index (χ1) is 12.0. The van der Waals surface area contributed by atoms with Crippen LogP contribution in [-0.4, -0.2) is 23.3 Å². The summed E-state index contributed by atoms with van der Waals surface area (Å²) < 4.78 is 0. The van der Waals surface area contributed by atoms with Gasteiger partial charge in [0.1, 0.15) is 6.61 Å². The molecule has 0 aromatic heterocycles. The zero-order valence-corrected chi connectivity index (χ0v) is 15.7. The number of aliphatic hydroxyl groups is 1. The zero-order chi connectivity index (χ0) is 17.8. The van der Waals surface area contributed by atoms with Crippen LogP contribution in [0, 0.1) is 34.5 Å². The van der Waals surface area contributed by atoms with Gasteiger partial charge in [0.2, 0.25) is 0 Å². The molecule has 0 aromatic carbocycles. The van der Waals surface area contributed by atoms with Gasteiger partial charge in [0.15, 0.2) is 11.6 Å². The lowest BCUT2D eigenvalue weighted by atomic mass is 9.45. The third-order valence-electron chi connectivity index (χ3n) is 8.86. The molecule has 0 heterocycles. The van der Waals surface area contributed by atoms with Gasteiger partial charge in [-0.3, -0.25) is 9.59 Å². The molecule has 0 spiro atoms.